The Morgan fingerprint density at radius 2 is 1.44 bits per heavy atom. The lowest BCUT2D eigenvalue weighted by atomic mass is 9.71. The number of aliphatic imine (C=N–C) groups is 1. The summed E-state index contributed by atoms with van der Waals surface area (Å²) < 4.78 is 35.1. The number of ether oxygens (including phenoxy) is 1. The number of benzene rings is 3. The Labute approximate surface area is 272 Å². The molecule has 2 aliphatic heterocycles. The van der Waals surface area contributed by atoms with Crippen LogP contribution in [-0.4, -0.2) is 48.0 Å². The number of rotatable bonds is 7. The first-order valence-corrected chi connectivity index (χ1v) is 16.8. The quantitative estimate of drug-likeness (QED) is 0.185. The Morgan fingerprint density at radius 3 is 1.95 bits per heavy atom. The third kappa shape index (κ3) is 5.55. The number of halogens is 4. The summed E-state index contributed by atoms with van der Waals surface area (Å²) in [7, 11) is -3.95. The SMILES string of the molecule is CC(C)Oc1cc(Cl)c(S(=O)(=O)N2CCCC2)cc1C1=N[C@@](C)(c2ccc(Cl)cc2)[C@@](C)(c2ccc(Cl)cc2)N1C(=O)Cl. The van der Waals surface area contributed by atoms with Crippen molar-refractivity contribution in [2.45, 2.75) is 62.6 Å². The van der Waals surface area contributed by atoms with Crippen molar-refractivity contribution in [1.82, 2.24) is 9.21 Å². The predicted octanol–water partition coefficient (Wildman–Crippen LogP) is 8.47. The average molecular weight is 683 g/mol. The Hall–Kier alpha value is -2.33. The van der Waals surface area contributed by atoms with Gasteiger partial charge in [0.2, 0.25) is 10.0 Å². The van der Waals surface area contributed by atoms with Gasteiger partial charge in [-0.2, -0.15) is 4.31 Å². The van der Waals surface area contributed by atoms with Crippen LogP contribution in [0.5, 0.6) is 5.75 Å². The van der Waals surface area contributed by atoms with Gasteiger partial charge < -0.3 is 4.74 Å². The van der Waals surface area contributed by atoms with Crippen molar-refractivity contribution in [1.29, 1.82) is 0 Å². The summed E-state index contributed by atoms with van der Waals surface area (Å²) in [6.07, 6.45) is 1.22. The summed E-state index contributed by atoms with van der Waals surface area (Å²) in [6.45, 7) is 8.23. The molecule has 1 amide bonds. The molecule has 43 heavy (non-hydrogen) atoms. The zero-order valence-corrected chi connectivity index (χ0v) is 27.9. The van der Waals surface area contributed by atoms with Gasteiger partial charge in [0.15, 0.2) is 0 Å². The fourth-order valence-corrected chi connectivity index (χ4v) is 8.41. The van der Waals surface area contributed by atoms with E-state index in [4.69, 9.17) is 56.1 Å². The molecular formula is C31H31Cl4N3O4S. The number of carbonyl (C=O) groups is 1. The van der Waals surface area contributed by atoms with Gasteiger partial charge in [-0.3, -0.25) is 14.7 Å². The molecule has 7 nitrogen and oxygen atoms in total. The maximum atomic E-state index is 13.8. The molecule has 2 heterocycles. The second-order valence-corrected chi connectivity index (χ2v) is 14.7. The number of amides is 1. The molecule has 5 rings (SSSR count). The van der Waals surface area contributed by atoms with E-state index < -0.39 is 26.5 Å². The molecule has 0 saturated carbocycles. The number of hydrogen-bond acceptors (Lipinski definition) is 5. The smallest absolute Gasteiger partial charge is 0.322 e. The van der Waals surface area contributed by atoms with Gasteiger partial charge in [0.05, 0.1) is 16.7 Å². The molecule has 0 bridgehead atoms. The number of nitrogens with zero attached hydrogens (tertiary/aromatic N) is 3. The summed E-state index contributed by atoms with van der Waals surface area (Å²) in [5.41, 5.74) is -0.622. The van der Waals surface area contributed by atoms with Crippen LogP contribution < -0.4 is 4.74 Å². The van der Waals surface area contributed by atoms with E-state index in [0.29, 0.717) is 28.7 Å². The highest BCUT2D eigenvalue weighted by Crippen LogP contribution is 2.54. The van der Waals surface area contributed by atoms with Gasteiger partial charge in [-0.15, -0.1) is 0 Å². The van der Waals surface area contributed by atoms with Gasteiger partial charge in [0.1, 0.15) is 27.6 Å². The van der Waals surface area contributed by atoms with Crippen LogP contribution in [0.15, 0.2) is 70.6 Å². The van der Waals surface area contributed by atoms with Crippen LogP contribution >= 0.6 is 46.4 Å². The first-order valence-electron chi connectivity index (χ1n) is 13.8. The monoisotopic (exact) mass is 681 g/mol. The van der Waals surface area contributed by atoms with Crippen molar-refractivity contribution in [2.75, 3.05) is 13.1 Å². The van der Waals surface area contributed by atoms with Gasteiger partial charge in [-0.25, -0.2) is 8.42 Å². The van der Waals surface area contributed by atoms with E-state index in [9.17, 15) is 13.2 Å². The van der Waals surface area contributed by atoms with Crippen LogP contribution in [0, 0.1) is 0 Å². The summed E-state index contributed by atoms with van der Waals surface area (Å²) in [4.78, 5) is 20.0. The Kier molecular flexibility index (Phi) is 8.86. The Balaban J connectivity index is 1.83. The van der Waals surface area contributed by atoms with Crippen LogP contribution in [0.1, 0.15) is 57.2 Å². The number of amidine groups is 1. The average Bonchev–Trinajstić information content (AvgIpc) is 3.56. The molecule has 3 aromatic rings. The Bertz CT molecular complexity index is 1690. The summed E-state index contributed by atoms with van der Waals surface area (Å²) in [5, 5.41) is 0.249. The van der Waals surface area contributed by atoms with Crippen LogP contribution in [0.2, 0.25) is 15.1 Å². The highest BCUT2D eigenvalue weighted by atomic mass is 35.5. The van der Waals surface area contributed by atoms with Gasteiger partial charge in [-0.1, -0.05) is 59.1 Å². The first kappa shape index (κ1) is 32.1. The summed E-state index contributed by atoms with van der Waals surface area (Å²) in [6, 6.07) is 17.2. The number of sulfonamides is 1. The van der Waals surface area contributed by atoms with E-state index in [1.54, 1.807) is 24.3 Å². The van der Waals surface area contributed by atoms with Crippen molar-refractivity contribution >= 4 is 67.6 Å². The van der Waals surface area contributed by atoms with Crippen LogP contribution in [-0.2, 0) is 21.1 Å². The third-order valence-corrected chi connectivity index (χ3v) is 11.3. The third-order valence-electron chi connectivity index (χ3n) is 8.25. The molecule has 2 aliphatic rings. The van der Waals surface area contributed by atoms with Crippen molar-refractivity contribution in [2.24, 2.45) is 4.99 Å². The molecule has 0 radical (unpaired) electrons. The first-order chi connectivity index (χ1) is 20.2. The maximum absolute atomic E-state index is 13.8. The molecule has 0 N–H and O–H groups in total. The zero-order chi connectivity index (χ0) is 31.3. The van der Waals surface area contributed by atoms with E-state index in [1.807, 2.05) is 52.0 Å². The molecule has 0 spiro atoms. The minimum atomic E-state index is -3.95. The fourth-order valence-electron chi connectivity index (χ4n) is 5.87. The van der Waals surface area contributed by atoms with Crippen molar-refractivity contribution in [3.8, 4) is 5.75 Å². The predicted molar refractivity (Wildman–Crippen MR) is 172 cm³/mol. The molecule has 0 aromatic heterocycles. The lowest BCUT2D eigenvalue weighted by molar-refractivity contribution is 0.149. The molecule has 0 aliphatic carbocycles. The topological polar surface area (TPSA) is 79.3 Å². The van der Waals surface area contributed by atoms with E-state index in [-0.39, 0.29) is 33.2 Å². The normalized spacial score (nSPS) is 22.7. The zero-order valence-electron chi connectivity index (χ0n) is 24.1. The van der Waals surface area contributed by atoms with Crippen molar-refractivity contribution in [3.63, 3.8) is 0 Å². The van der Waals surface area contributed by atoms with Crippen LogP contribution in [0.25, 0.3) is 0 Å². The van der Waals surface area contributed by atoms with E-state index in [2.05, 4.69) is 0 Å². The van der Waals surface area contributed by atoms with E-state index >= 15 is 0 Å². The molecule has 2 atom stereocenters. The number of hydrogen-bond donors (Lipinski definition) is 0. The van der Waals surface area contributed by atoms with Crippen molar-refractivity contribution in [3.05, 3.63) is 92.4 Å². The van der Waals surface area contributed by atoms with Gasteiger partial charge in [0.25, 0.3) is 0 Å². The van der Waals surface area contributed by atoms with Crippen LogP contribution in [0.4, 0.5) is 4.79 Å². The molecule has 1 fully saturated rings. The lowest BCUT2D eigenvalue weighted by Crippen LogP contribution is -2.53. The summed E-state index contributed by atoms with van der Waals surface area (Å²) >= 11 is 25.5. The Morgan fingerprint density at radius 1 is 0.907 bits per heavy atom. The van der Waals surface area contributed by atoms with E-state index in [1.165, 1.54) is 21.3 Å². The standard InChI is InChI=1S/C31H31Cl4N3O4S/c1-19(2)42-26-18-25(34)27(43(40,41)37-15-5-6-16-37)17-24(26)28-36-30(3,20-7-11-22(32)12-8-20)31(4,38(28)29(35)39)21-9-13-23(33)14-10-21/h7-14,17-19H,5-6,15-16H2,1-4H3/t30-,31+/m0/s1. The van der Waals surface area contributed by atoms with E-state index in [0.717, 1.165) is 18.4 Å². The van der Waals surface area contributed by atoms with Crippen molar-refractivity contribution < 1.29 is 17.9 Å². The molecule has 228 valence electrons. The molecule has 1 saturated heterocycles. The van der Waals surface area contributed by atoms with Gasteiger partial charge in [-0.05, 0) is 93.6 Å². The maximum Gasteiger partial charge on any atom is 0.322 e. The molecular weight excluding hydrogens is 652 g/mol. The van der Waals surface area contributed by atoms with Crippen LogP contribution in [0.3, 0.4) is 0 Å². The largest absolute Gasteiger partial charge is 0.490 e. The summed E-state index contributed by atoms with van der Waals surface area (Å²) in [5.74, 6) is 0.404. The number of carbonyl (C=O) groups excluding carboxylic acids is 1. The highest BCUT2D eigenvalue weighted by molar-refractivity contribution is 7.89. The fraction of sp³-hybridized carbons (Fsp3) is 0.355. The molecule has 12 heteroatoms. The second kappa shape index (κ2) is 11.9. The molecule has 0 unspecified atom stereocenters. The highest BCUT2D eigenvalue weighted by Gasteiger charge is 2.59. The minimum Gasteiger partial charge on any atom is -0.490 e. The lowest BCUT2D eigenvalue weighted by Gasteiger charge is -2.44. The van der Waals surface area contributed by atoms with Gasteiger partial charge >= 0.3 is 5.37 Å². The molecule has 3 aromatic carbocycles. The minimum absolute atomic E-state index is 0.00886. The van der Waals surface area contributed by atoms with Gasteiger partial charge in [0, 0.05) is 29.2 Å². The second-order valence-electron chi connectivity index (χ2n) is 11.2.